The molecule has 0 spiro atoms. The smallest absolute Gasteiger partial charge is 0.401 e. The summed E-state index contributed by atoms with van der Waals surface area (Å²) in [4.78, 5) is 1.30. The molecule has 1 aromatic heterocycles. The number of hydrogen-bond donors (Lipinski definition) is 1. The molecule has 0 aliphatic heterocycles. The van der Waals surface area contributed by atoms with Gasteiger partial charge in [-0.25, -0.2) is 0 Å². The summed E-state index contributed by atoms with van der Waals surface area (Å²) in [6.45, 7) is 2.89. The van der Waals surface area contributed by atoms with E-state index in [1.807, 2.05) is 0 Å². The Morgan fingerprint density at radius 3 is 2.29 bits per heavy atom. The van der Waals surface area contributed by atoms with Gasteiger partial charge in [0.15, 0.2) is 0 Å². The molecule has 98 valence electrons. The van der Waals surface area contributed by atoms with Gasteiger partial charge < -0.3 is 10.2 Å². The van der Waals surface area contributed by atoms with Crippen LogP contribution in [0.3, 0.4) is 0 Å². The summed E-state index contributed by atoms with van der Waals surface area (Å²) < 4.78 is 42.3. The second-order valence-corrected chi connectivity index (χ2v) is 4.19. The molecule has 1 rings (SSSR count). The molecule has 0 aliphatic carbocycles. The van der Waals surface area contributed by atoms with Gasteiger partial charge in [-0.1, -0.05) is 0 Å². The van der Waals surface area contributed by atoms with E-state index in [9.17, 15) is 13.2 Å². The van der Waals surface area contributed by atoms with Crippen molar-refractivity contribution in [2.75, 3.05) is 6.54 Å². The van der Waals surface area contributed by atoms with Crippen molar-refractivity contribution in [3.05, 3.63) is 23.7 Å². The zero-order valence-corrected chi connectivity index (χ0v) is 9.92. The Balaban J connectivity index is 2.66. The van der Waals surface area contributed by atoms with Crippen LogP contribution in [0.15, 0.2) is 16.5 Å². The average Bonchev–Trinajstić information content (AvgIpc) is 2.62. The summed E-state index contributed by atoms with van der Waals surface area (Å²) in [5.74, 6) is 1.08. The lowest BCUT2D eigenvalue weighted by atomic mass is 10.3. The van der Waals surface area contributed by atoms with Gasteiger partial charge in [-0.3, -0.25) is 4.90 Å². The molecule has 0 aromatic carbocycles. The zero-order valence-electron chi connectivity index (χ0n) is 9.92. The Labute approximate surface area is 98.4 Å². The fourth-order valence-electron chi connectivity index (χ4n) is 1.47. The van der Waals surface area contributed by atoms with Gasteiger partial charge in [0.1, 0.15) is 11.5 Å². The van der Waals surface area contributed by atoms with Crippen molar-refractivity contribution >= 4 is 0 Å². The summed E-state index contributed by atoms with van der Waals surface area (Å²) in [7, 11) is 0. The van der Waals surface area contributed by atoms with Crippen LogP contribution in [0.2, 0.25) is 0 Å². The van der Waals surface area contributed by atoms with E-state index in [1.165, 1.54) is 4.90 Å². The maximum Gasteiger partial charge on any atom is 0.401 e. The van der Waals surface area contributed by atoms with Gasteiger partial charge in [-0.2, -0.15) is 13.2 Å². The molecule has 0 amide bonds. The van der Waals surface area contributed by atoms with E-state index in [1.54, 1.807) is 26.0 Å². The molecule has 1 heterocycles. The summed E-state index contributed by atoms with van der Waals surface area (Å²) in [6, 6.07) is 3.14. The highest BCUT2D eigenvalue weighted by Crippen LogP contribution is 2.20. The molecular weight excluding hydrogens is 233 g/mol. The van der Waals surface area contributed by atoms with E-state index >= 15 is 0 Å². The zero-order chi connectivity index (χ0) is 13.1. The number of hydrogen-bond acceptors (Lipinski definition) is 3. The van der Waals surface area contributed by atoms with Crippen LogP contribution < -0.4 is 5.73 Å². The molecule has 1 aromatic rings. The highest BCUT2D eigenvalue weighted by Gasteiger charge is 2.32. The summed E-state index contributed by atoms with van der Waals surface area (Å²) in [6.07, 6.45) is -4.20. The lowest BCUT2D eigenvalue weighted by Gasteiger charge is -2.26. The van der Waals surface area contributed by atoms with Crippen LogP contribution in [0.1, 0.15) is 25.4 Å². The fourth-order valence-corrected chi connectivity index (χ4v) is 1.47. The second-order valence-electron chi connectivity index (χ2n) is 4.19. The monoisotopic (exact) mass is 250 g/mol. The normalized spacial score (nSPS) is 12.7. The van der Waals surface area contributed by atoms with Crippen molar-refractivity contribution < 1.29 is 17.6 Å². The lowest BCUT2D eigenvalue weighted by Crippen LogP contribution is -2.38. The Kier molecular flexibility index (Phi) is 4.59. The van der Waals surface area contributed by atoms with Gasteiger partial charge in [0, 0.05) is 6.04 Å². The molecule has 2 N–H and O–H groups in total. The molecule has 0 atom stereocenters. The van der Waals surface area contributed by atoms with E-state index < -0.39 is 12.7 Å². The van der Waals surface area contributed by atoms with Crippen LogP contribution in [-0.2, 0) is 13.1 Å². The molecule has 0 bridgehead atoms. The van der Waals surface area contributed by atoms with Crippen LogP contribution >= 0.6 is 0 Å². The van der Waals surface area contributed by atoms with Crippen LogP contribution in [-0.4, -0.2) is 23.7 Å². The number of alkyl halides is 3. The van der Waals surface area contributed by atoms with E-state index in [0.29, 0.717) is 11.5 Å². The van der Waals surface area contributed by atoms with Crippen LogP contribution in [0.25, 0.3) is 0 Å². The van der Waals surface area contributed by atoms with Gasteiger partial charge >= 0.3 is 6.18 Å². The molecule has 0 fully saturated rings. The summed E-state index contributed by atoms with van der Waals surface area (Å²) in [5, 5.41) is 0. The number of halogens is 3. The quantitative estimate of drug-likeness (QED) is 0.873. The first-order valence-electron chi connectivity index (χ1n) is 5.40. The van der Waals surface area contributed by atoms with Crippen molar-refractivity contribution in [1.29, 1.82) is 0 Å². The van der Waals surface area contributed by atoms with Crippen LogP contribution in [0, 0.1) is 0 Å². The Morgan fingerprint density at radius 1 is 1.29 bits per heavy atom. The summed E-state index contributed by atoms with van der Waals surface area (Å²) >= 11 is 0. The predicted octanol–water partition coefficient (Wildman–Crippen LogP) is 2.51. The van der Waals surface area contributed by atoms with Gasteiger partial charge in [0.25, 0.3) is 0 Å². The number of rotatable bonds is 5. The van der Waals surface area contributed by atoms with Gasteiger partial charge in [-0.15, -0.1) is 0 Å². The Morgan fingerprint density at radius 2 is 1.88 bits per heavy atom. The molecule has 0 radical (unpaired) electrons. The van der Waals surface area contributed by atoms with E-state index in [0.717, 1.165) is 0 Å². The largest absolute Gasteiger partial charge is 0.463 e. The standard InChI is InChI=1S/C11H17F3N2O/c1-8(2)16(7-11(12,13)14)6-10-4-3-9(5-15)17-10/h3-4,8H,5-7,15H2,1-2H3. The van der Waals surface area contributed by atoms with E-state index in [-0.39, 0.29) is 19.1 Å². The topological polar surface area (TPSA) is 42.4 Å². The van der Waals surface area contributed by atoms with Crippen molar-refractivity contribution in [2.24, 2.45) is 5.73 Å². The first-order valence-corrected chi connectivity index (χ1v) is 5.40. The maximum atomic E-state index is 12.3. The number of nitrogens with two attached hydrogens (primary N) is 1. The van der Waals surface area contributed by atoms with E-state index in [4.69, 9.17) is 10.2 Å². The molecular formula is C11H17F3N2O. The average molecular weight is 250 g/mol. The van der Waals surface area contributed by atoms with Crippen molar-refractivity contribution in [2.45, 2.75) is 39.2 Å². The first-order chi connectivity index (χ1) is 7.81. The predicted molar refractivity (Wildman–Crippen MR) is 58.2 cm³/mol. The molecule has 6 heteroatoms. The Hall–Kier alpha value is -1.01. The molecule has 0 aliphatic rings. The molecule has 0 saturated heterocycles. The molecule has 3 nitrogen and oxygen atoms in total. The van der Waals surface area contributed by atoms with Crippen LogP contribution in [0.4, 0.5) is 13.2 Å². The number of furan rings is 1. The third kappa shape index (κ3) is 4.79. The molecule has 0 unspecified atom stereocenters. The lowest BCUT2D eigenvalue weighted by molar-refractivity contribution is -0.151. The van der Waals surface area contributed by atoms with Crippen molar-refractivity contribution in [3.8, 4) is 0 Å². The fraction of sp³-hybridized carbons (Fsp3) is 0.636. The summed E-state index contributed by atoms with van der Waals surface area (Å²) in [5.41, 5.74) is 5.37. The minimum Gasteiger partial charge on any atom is -0.463 e. The van der Waals surface area contributed by atoms with E-state index in [2.05, 4.69) is 0 Å². The minimum atomic E-state index is -4.20. The van der Waals surface area contributed by atoms with Gasteiger partial charge in [0.2, 0.25) is 0 Å². The minimum absolute atomic E-state index is 0.136. The maximum absolute atomic E-state index is 12.3. The van der Waals surface area contributed by atoms with Crippen molar-refractivity contribution in [3.63, 3.8) is 0 Å². The SMILES string of the molecule is CC(C)N(Cc1ccc(CN)o1)CC(F)(F)F. The van der Waals surface area contributed by atoms with Crippen molar-refractivity contribution in [1.82, 2.24) is 4.90 Å². The molecule has 0 saturated carbocycles. The highest BCUT2D eigenvalue weighted by molar-refractivity contribution is 5.06. The first kappa shape index (κ1) is 14.1. The van der Waals surface area contributed by atoms with Gasteiger partial charge in [0.05, 0.1) is 19.6 Å². The third-order valence-corrected chi connectivity index (χ3v) is 2.39. The molecule has 17 heavy (non-hydrogen) atoms. The van der Waals surface area contributed by atoms with Gasteiger partial charge in [-0.05, 0) is 26.0 Å². The third-order valence-electron chi connectivity index (χ3n) is 2.39. The highest BCUT2D eigenvalue weighted by atomic mass is 19.4. The second kappa shape index (κ2) is 5.55. The van der Waals surface area contributed by atoms with Crippen LogP contribution in [0.5, 0.6) is 0 Å². The Bertz CT molecular complexity index is 347. The number of nitrogens with zero attached hydrogens (tertiary/aromatic N) is 1.